The number of amides is 1. The number of ether oxygens (including phenoxy) is 1. The number of carboxylic acids is 1. The van der Waals surface area contributed by atoms with Crippen LogP contribution in [-0.2, 0) is 14.3 Å². The summed E-state index contributed by atoms with van der Waals surface area (Å²) in [6, 6.07) is -0.812. The number of hydrogen-bond donors (Lipinski definition) is 2. The molecule has 2 rings (SSSR count). The molecule has 0 aromatic rings. The molecule has 5 heteroatoms. The summed E-state index contributed by atoms with van der Waals surface area (Å²) >= 11 is 0. The molecule has 0 aromatic carbocycles. The highest BCUT2D eigenvalue weighted by atomic mass is 16.5. The van der Waals surface area contributed by atoms with Gasteiger partial charge in [-0.25, -0.2) is 4.79 Å². The highest BCUT2D eigenvalue weighted by molar-refractivity contribution is 5.89. The van der Waals surface area contributed by atoms with E-state index in [1.165, 1.54) is 0 Å². The quantitative estimate of drug-likeness (QED) is 0.684. The molecule has 2 heterocycles. The number of hydrogen-bond acceptors (Lipinski definition) is 3. The molecule has 0 radical (unpaired) electrons. The summed E-state index contributed by atoms with van der Waals surface area (Å²) in [5.74, 6) is -1.17. The number of carbonyl (C=O) groups is 2. The summed E-state index contributed by atoms with van der Waals surface area (Å²) in [6.07, 6.45) is 1.92. The molecule has 0 aliphatic carbocycles. The molecule has 0 aromatic heterocycles. The topological polar surface area (TPSA) is 75.6 Å². The Bertz CT molecular complexity index is 298. The molecule has 0 spiro atoms. The average Bonchev–Trinajstić information content (AvgIpc) is 2.72. The first-order valence-corrected chi connectivity index (χ1v) is 5.18. The Labute approximate surface area is 87.8 Å². The van der Waals surface area contributed by atoms with Crippen molar-refractivity contribution >= 4 is 11.9 Å². The van der Waals surface area contributed by atoms with Gasteiger partial charge in [-0.15, -0.1) is 0 Å². The van der Waals surface area contributed by atoms with Crippen LogP contribution in [0.2, 0.25) is 0 Å². The number of aliphatic carboxylic acids is 1. The van der Waals surface area contributed by atoms with Crippen molar-refractivity contribution in [2.75, 3.05) is 6.61 Å². The van der Waals surface area contributed by atoms with Crippen LogP contribution in [0.5, 0.6) is 0 Å². The third kappa shape index (κ3) is 1.61. The summed E-state index contributed by atoms with van der Waals surface area (Å²) in [5.41, 5.74) is -0.598. The van der Waals surface area contributed by atoms with E-state index in [9.17, 15) is 9.59 Å². The van der Waals surface area contributed by atoms with Crippen molar-refractivity contribution in [3.63, 3.8) is 0 Å². The summed E-state index contributed by atoms with van der Waals surface area (Å²) < 4.78 is 5.51. The van der Waals surface area contributed by atoms with Crippen molar-refractivity contribution in [1.29, 1.82) is 0 Å². The second-order valence-electron chi connectivity index (χ2n) is 4.52. The van der Waals surface area contributed by atoms with Crippen LogP contribution in [0.3, 0.4) is 0 Å². The van der Waals surface area contributed by atoms with Crippen LogP contribution in [0.25, 0.3) is 0 Å². The lowest BCUT2D eigenvalue weighted by Gasteiger charge is -2.32. The van der Waals surface area contributed by atoms with E-state index in [1.54, 1.807) is 0 Å². The summed E-state index contributed by atoms with van der Waals surface area (Å²) in [6.45, 7) is 2.49. The highest BCUT2D eigenvalue weighted by Crippen LogP contribution is 2.40. The van der Waals surface area contributed by atoms with Gasteiger partial charge in [0.15, 0.2) is 0 Å². The van der Waals surface area contributed by atoms with Gasteiger partial charge in [0, 0.05) is 18.4 Å². The molecule has 2 aliphatic rings. The van der Waals surface area contributed by atoms with E-state index < -0.39 is 17.4 Å². The van der Waals surface area contributed by atoms with Gasteiger partial charge >= 0.3 is 5.97 Å². The highest BCUT2D eigenvalue weighted by Gasteiger charge is 2.53. The molecule has 2 aliphatic heterocycles. The Morgan fingerprint density at radius 3 is 2.93 bits per heavy atom. The van der Waals surface area contributed by atoms with Gasteiger partial charge in [0.25, 0.3) is 0 Å². The third-order valence-corrected chi connectivity index (χ3v) is 3.42. The number of carbonyl (C=O) groups excluding carboxylic acids is 1. The van der Waals surface area contributed by atoms with Gasteiger partial charge in [-0.1, -0.05) is 6.92 Å². The Morgan fingerprint density at radius 2 is 2.40 bits per heavy atom. The smallest absolute Gasteiger partial charge is 0.326 e. The Hall–Kier alpha value is -1.10. The Balaban J connectivity index is 2.23. The van der Waals surface area contributed by atoms with E-state index in [2.05, 4.69) is 5.32 Å². The van der Waals surface area contributed by atoms with E-state index in [-0.39, 0.29) is 18.4 Å². The molecule has 2 fully saturated rings. The molecule has 2 N–H and O–H groups in total. The van der Waals surface area contributed by atoms with Crippen LogP contribution < -0.4 is 5.32 Å². The minimum absolute atomic E-state index is 0.113. The van der Waals surface area contributed by atoms with Gasteiger partial charge in [0.1, 0.15) is 6.04 Å². The lowest BCUT2D eigenvalue weighted by Crippen LogP contribution is -2.48. The molecule has 15 heavy (non-hydrogen) atoms. The number of nitrogens with one attached hydrogen (secondary N) is 1. The van der Waals surface area contributed by atoms with Crippen molar-refractivity contribution in [2.45, 2.75) is 38.3 Å². The lowest BCUT2D eigenvalue weighted by molar-refractivity contribution is -0.144. The molecule has 3 atom stereocenters. The average molecular weight is 213 g/mol. The Kier molecular flexibility index (Phi) is 2.42. The summed E-state index contributed by atoms with van der Waals surface area (Å²) in [5, 5.41) is 11.6. The third-order valence-electron chi connectivity index (χ3n) is 3.42. The molecular weight excluding hydrogens is 198 g/mol. The fourth-order valence-corrected chi connectivity index (χ4v) is 2.57. The van der Waals surface area contributed by atoms with Crippen LogP contribution in [0.15, 0.2) is 0 Å². The predicted molar refractivity (Wildman–Crippen MR) is 51.3 cm³/mol. The maximum Gasteiger partial charge on any atom is 0.326 e. The van der Waals surface area contributed by atoms with Crippen molar-refractivity contribution < 1.29 is 19.4 Å². The monoisotopic (exact) mass is 213 g/mol. The van der Waals surface area contributed by atoms with E-state index >= 15 is 0 Å². The second kappa shape index (κ2) is 3.48. The zero-order valence-corrected chi connectivity index (χ0v) is 8.66. The Morgan fingerprint density at radius 1 is 1.67 bits per heavy atom. The first-order valence-electron chi connectivity index (χ1n) is 5.18. The van der Waals surface area contributed by atoms with Gasteiger partial charge in [0.2, 0.25) is 5.91 Å². The predicted octanol–water partition coefficient (Wildman–Crippen LogP) is 0.145. The largest absolute Gasteiger partial charge is 0.480 e. The fraction of sp³-hybridized carbons (Fsp3) is 0.800. The first kappa shape index (κ1) is 10.4. The molecule has 0 saturated carbocycles. The lowest BCUT2D eigenvalue weighted by atomic mass is 9.76. The van der Waals surface area contributed by atoms with Gasteiger partial charge in [0.05, 0.1) is 6.10 Å². The molecule has 84 valence electrons. The molecule has 3 unspecified atom stereocenters. The molecule has 2 saturated heterocycles. The van der Waals surface area contributed by atoms with Crippen molar-refractivity contribution in [3.05, 3.63) is 0 Å². The SMILES string of the molecule is CC1(C2CCCO2)CC(=O)NC1C(=O)O. The molecule has 1 amide bonds. The molecule has 0 bridgehead atoms. The van der Waals surface area contributed by atoms with Crippen molar-refractivity contribution in [1.82, 2.24) is 5.32 Å². The van der Waals surface area contributed by atoms with Crippen LogP contribution in [-0.4, -0.2) is 35.7 Å². The van der Waals surface area contributed by atoms with Crippen molar-refractivity contribution in [3.8, 4) is 0 Å². The van der Waals surface area contributed by atoms with Crippen LogP contribution in [0, 0.1) is 5.41 Å². The number of rotatable bonds is 2. The normalized spacial score (nSPS) is 40.5. The van der Waals surface area contributed by atoms with Crippen LogP contribution in [0.4, 0.5) is 0 Å². The zero-order chi connectivity index (χ0) is 11.1. The zero-order valence-electron chi connectivity index (χ0n) is 8.66. The van der Waals surface area contributed by atoms with E-state index in [1.807, 2.05) is 6.92 Å². The van der Waals surface area contributed by atoms with Gasteiger partial charge in [-0.3, -0.25) is 4.79 Å². The minimum atomic E-state index is -0.973. The maximum atomic E-state index is 11.3. The van der Waals surface area contributed by atoms with E-state index in [0.29, 0.717) is 6.61 Å². The molecule has 5 nitrogen and oxygen atoms in total. The minimum Gasteiger partial charge on any atom is -0.480 e. The summed E-state index contributed by atoms with van der Waals surface area (Å²) in [4.78, 5) is 22.3. The second-order valence-corrected chi connectivity index (χ2v) is 4.52. The summed E-state index contributed by atoms with van der Waals surface area (Å²) in [7, 11) is 0. The molecular formula is C10H15NO4. The van der Waals surface area contributed by atoms with Gasteiger partial charge in [-0.2, -0.15) is 0 Å². The van der Waals surface area contributed by atoms with Crippen molar-refractivity contribution in [2.24, 2.45) is 5.41 Å². The van der Waals surface area contributed by atoms with Crippen LogP contribution in [0.1, 0.15) is 26.2 Å². The number of carboxylic acid groups (broad SMARTS) is 1. The van der Waals surface area contributed by atoms with Gasteiger partial charge < -0.3 is 15.2 Å². The van der Waals surface area contributed by atoms with E-state index in [0.717, 1.165) is 12.8 Å². The van der Waals surface area contributed by atoms with Gasteiger partial charge in [-0.05, 0) is 12.8 Å². The van der Waals surface area contributed by atoms with Crippen LogP contribution >= 0.6 is 0 Å². The first-order chi connectivity index (χ1) is 7.04. The fourth-order valence-electron chi connectivity index (χ4n) is 2.57. The standard InChI is InChI=1S/C10H15NO4/c1-10(6-3-2-4-15-6)5-7(12)11-8(10)9(13)14/h6,8H,2-5H2,1H3,(H,11,12)(H,13,14). The maximum absolute atomic E-state index is 11.3. The van der Waals surface area contributed by atoms with E-state index in [4.69, 9.17) is 9.84 Å².